The van der Waals surface area contributed by atoms with Crippen LogP contribution in [-0.2, 0) is 9.59 Å². The molecule has 0 aromatic heterocycles. The largest absolute Gasteiger partial charge is 0.354 e. The van der Waals surface area contributed by atoms with E-state index in [1.165, 1.54) is 12.1 Å². The van der Waals surface area contributed by atoms with Gasteiger partial charge in [0.25, 0.3) is 5.91 Å². The Morgan fingerprint density at radius 1 is 1.31 bits per heavy atom. The van der Waals surface area contributed by atoms with Crippen molar-refractivity contribution in [1.29, 1.82) is 0 Å². The van der Waals surface area contributed by atoms with Crippen LogP contribution in [0, 0.1) is 17.7 Å². The number of rotatable bonds is 7. The van der Waals surface area contributed by atoms with Crippen LogP contribution in [0.2, 0.25) is 0 Å². The number of hydrogen-bond acceptors (Lipinski definition) is 4. The Labute approximate surface area is 171 Å². The molecule has 0 aliphatic carbocycles. The summed E-state index contributed by atoms with van der Waals surface area (Å²) in [6, 6.07) is 4.04. The number of hydrogen-bond donors (Lipinski definition) is 2. The number of carbonyl (C=O) groups excluding carboxylic acids is 2. The smallest absolute Gasteiger partial charge is 0.256 e. The predicted octanol–water partition coefficient (Wildman–Crippen LogP) is 2.71. The molecule has 1 aromatic carbocycles. The zero-order valence-corrected chi connectivity index (χ0v) is 17.5. The van der Waals surface area contributed by atoms with E-state index in [2.05, 4.69) is 34.4 Å². The van der Waals surface area contributed by atoms with Gasteiger partial charge in [0, 0.05) is 36.0 Å². The Kier molecular flexibility index (Phi) is 6.47. The van der Waals surface area contributed by atoms with Gasteiger partial charge in [-0.15, -0.1) is 0 Å². The van der Waals surface area contributed by atoms with E-state index in [-0.39, 0.29) is 29.7 Å². The zero-order chi connectivity index (χ0) is 21.1. The van der Waals surface area contributed by atoms with E-state index in [1.54, 1.807) is 12.1 Å². The first-order valence-electron chi connectivity index (χ1n) is 10.3. The van der Waals surface area contributed by atoms with Crippen molar-refractivity contribution in [2.45, 2.75) is 33.7 Å². The number of benzene rings is 1. The van der Waals surface area contributed by atoms with Crippen molar-refractivity contribution in [1.82, 2.24) is 10.2 Å². The third kappa shape index (κ3) is 4.40. The number of likely N-dealkylation sites (N-methyl/N-ethyl adjacent to an activating group) is 1. The number of nitrogens with zero attached hydrogens (tertiary/aromatic N) is 2. The highest BCUT2D eigenvalue weighted by molar-refractivity contribution is 6.34. The molecule has 2 aliphatic rings. The van der Waals surface area contributed by atoms with Gasteiger partial charge in [-0.05, 0) is 44.3 Å². The van der Waals surface area contributed by atoms with Gasteiger partial charge in [-0.3, -0.25) is 14.6 Å². The minimum absolute atomic E-state index is 0.0170. The minimum Gasteiger partial charge on any atom is -0.354 e. The lowest BCUT2D eigenvalue weighted by atomic mass is 9.87. The molecule has 0 saturated heterocycles. The number of halogens is 1. The maximum Gasteiger partial charge on any atom is 0.256 e. The Bertz CT molecular complexity index is 860. The Hall–Kier alpha value is -2.54. The number of anilines is 1. The second-order valence-corrected chi connectivity index (χ2v) is 7.63. The van der Waals surface area contributed by atoms with Crippen LogP contribution in [0.5, 0.6) is 0 Å². The van der Waals surface area contributed by atoms with Crippen LogP contribution >= 0.6 is 0 Å². The van der Waals surface area contributed by atoms with Crippen molar-refractivity contribution in [3.63, 3.8) is 0 Å². The van der Waals surface area contributed by atoms with E-state index in [0.717, 1.165) is 19.6 Å². The molecule has 0 radical (unpaired) electrons. The first-order valence-corrected chi connectivity index (χ1v) is 10.3. The highest BCUT2D eigenvalue weighted by Crippen LogP contribution is 2.35. The molecule has 2 amide bonds. The number of nitrogens with one attached hydrogen (secondary N) is 2. The number of carbonyl (C=O) groups is 2. The fourth-order valence-electron chi connectivity index (χ4n) is 4.10. The van der Waals surface area contributed by atoms with Crippen molar-refractivity contribution >= 4 is 28.8 Å². The number of fused-ring (bicyclic) bond motifs is 1. The third-order valence-corrected chi connectivity index (χ3v) is 5.86. The average Bonchev–Trinajstić information content (AvgIpc) is 3.14. The van der Waals surface area contributed by atoms with Crippen LogP contribution in [0.1, 0.15) is 33.3 Å². The molecule has 2 aliphatic heterocycles. The van der Waals surface area contributed by atoms with Crippen molar-refractivity contribution in [2.24, 2.45) is 16.8 Å². The lowest BCUT2D eigenvalue weighted by Crippen LogP contribution is -2.41. The SMILES string of the molecule is CCN(CC)CCNC(=O)C1C(C)N=C(/C=C2\C(=O)Nc3ccc(F)cc32)C1C. The summed E-state index contributed by atoms with van der Waals surface area (Å²) in [5, 5.41) is 5.77. The van der Waals surface area contributed by atoms with Crippen LogP contribution in [0.15, 0.2) is 29.3 Å². The zero-order valence-electron chi connectivity index (χ0n) is 17.5. The minimum atomic E-state index is -0.397. The first-order chi connectivity index (χ1) is 13.8. The average molecular weight is 400 g/mol. The number of aliphatic imine (C=N–C) groups is 1. The summed E-state index contributed by atoms with van der Waals surface area (Å²) in [7, 11) is 0. The summed E-state index contributed by atoms with van der Waals surface area (Å²) >= 11 is 0. The fraction of sp³-hybridized carbons (Fsp3) is 0.500. The maximum atomic E-state index is 13.7. The normalized spacial score (nSPS) is 24.6. The molecular weight excluding hydrogens is 371 g/mol. The van der Waals surface area contributed by atoms with Gasteiger partial charge in [0.1, 0.15) is 5.82 Å². The molecule has 156 valence electrons. The molecule has 2 N–H and O–H groups in total. The van der Waals surface area contributed by atoms with E-state index in [1.807, 2.05) is 13.8 Å². The summed E-state index contributed by atoms with van der Waals surface area (Å²) in [5.41, 5.74) is 2.21. The van der Waals surface area contributed by atoms with Gasteiger partial charge in [-0.25, -0.2) is 4.39 Å². The van der Waals surface area contributed by atoms with Gasteiger partial charge in [-0.2, -0.15) is 0 Å². The van der Waals surface area contributed by atoms with E-state index in [9.17, 15) is 14.0 Å². The Morgan fingerprint density at radius 2 is 2.03 bits per heavy atom. The highest BCUT2D eigenvalue weighted by atomic mass is 19.1. The topological polar surface area (TPSA) is 73.8 Å². The van der Waals surface area contributed by atoms with Crippen LogP contribution in [0.25, 0.3) is 5.57 Å². The van der Waals surface area contributed by atoms with Crippen LogP contribution in [-0.4, -0.2) is 54.6 Å². The van der Waals surface area contributed by atoms with Gasteiger partial charge in [0.2, 0.25) is 5.91 Å². The lowest BCUT2D eigenvalue weighted by Gasteiger charge is -2.21. The van der Waals surface area contributed by atoms with E-state index < -0.39 is 5.82 Å². The standard InChI is InChI=1S/C22H29FN4O2/c1-5-27(6-2)10-9-24-22(29)20-13(3)19(25-14(20)4)12-17-16-11-15(23)7-8-18(16)26-21(17)28/h7-8,11-14,20H,5-6,9-10H2,1-4H3,(H,24,29)(H,26,28)/b17-12-. The summed E-state index contributed by atoms with van der Waals surface area (Å²) < 4.78 is 13.7. The van der Waals surface area contributed by atoms with Crippen molar-refractivity contribution in [3.05, 3.63) is 35.7 Å². The quantitative estimate of drug-likeness (QED) is 0.691. The molecule has 0 spiro atoms. The van der Waals surface area contributed by atoms with Gasteiger partial charge in [0.15, 0.2) is 0 Å². The molecule has 0 bridgehead atoms. The summed E-state index contributed by atoms with van der Waals surface area (Å²) in [5.74, 6) is -1.10. The van der Waals surface area contributed by atoms with E-state index >= 15 is 0 Å². The van der Waals surface area contributed by atoms with Crippen LogP contribution < -0.4 is 10.6 Å². The van der Waals surface area contributed by atoms with Crippen LogP contribution in [0.4, 0.5) is 10.1 Å². The molecule has 3 atom stereocenters. The second-order valence-electron chi connectivity index (χ2n) is 7.63. The Balaban J connectivity index is 1.71. The molecule has 29 heavy (non-hydrogen) atoms. The van der Waals surface area contributed by atoms with Crippen molar-refractivity contribution in [3.8, 4) is 0 Å². The van der Waals surface area contributed by atoms with Gasteiger partial charge in [0.05, 0.1) is 17.5 Å². The van der Waals surface area contributed by atoms with Crippen molar-refractivity contribution in [2.75, 3.05) is 31.5 Å². The molecule has 7 heteroatoms. The first kappa shape index (κ1) is 21.2. The molecule has 2 heterocycles. The monoisotopic (exact) mass is 400 g/mol. The number of amides is 2. The maximum absolute atomic E-state index is 13.7. The molecule has 0 saturated carbocycles. The van der Waals surface area contributed by atoms with E-state index in [4.69, 9.17) is 0 Å². The highest BCUT2D eigenvalue weighted by Gasteiger charge is 2.38. The molecule has 3 rings (SSSR count). The van der Waals surface area contributed by atoms with E-state index in [0.29, 0.717) is 29.1 Å². The molecule has 0 fully saturated rings. The van der Waals surface area contributed by atoms with Gasteiger partial charge >= 0.3 is 0 Å². The van der Waals surface area contributed by atoms with Crippen molar-refractivity contribution < 1.29 is 14.0 Å². The fourth-order valence-corrected chi connectivity index (χ4v) is 4.10. The van der Waals surface area contributed by atoms with Gasteiger partial charge in [-0.1, -0.05) is 20.8 Å². The second kappa shape index (κ2) is 8.86. The van der Waals surface area contributed by atoms with Gasteiger partial charge < -0.3 is 15.5 Å². The summed E-state index contributed by atoms with van der Waals surface area (Å²) in [6.45, 7) is 11.4. The Morgan fingerprint density at radius 3 is 2.72 bits per heavy atom. The predicted molar refractivity (Wildman–Crippen MR) is 113 cm³/mol. The summed E-state index contributed by atoms with van der Waals surface area (Å²) in [4.78, 5) is 32.0. The summed E-state index contributed by atoms with van der Waals surface area (Å²) in [6.07, 6.45) is 1.70. The van der Waals surface area contributed by atoms with Crippen LogP contribution in [0.3, 0.4) is 0 Å². The molecule has 6 nitrogen and oxygen atoms in total. The lowest BCUT2D eigenvalue weighted by molar-refractivity contribution is -0.126. The molecule has 1 aromatic rings. The third-order valence-electron chi connectivity index (χ3n) is 5.86. The molecular formula is C22H29FN4O2. The molecule has 3 unspecified atom stereocenters. The number of allylic oxidation sites excluding steroid dienone is 1.